The van der Waals surface area contributed by atoms with E-state index in [4.69, 9.17) is 26.2 Å². The van der Waals surface area contributed by atoms with Gasteiger partial charge in [0.1, 0.15) is 24.2 Å². The van der Waals surface area contributed by atoms with E-state index in [2.05, 4.69) is 5.32 Å². The maximum Gasteiger partial charge on any atom is 0.326 e. The van der Waals surface area contributed by atoms with E-state index in [0.717, 1.165) is 4.90 Å². The van der Waals surface area contributed by atoms with Crippen molar-refractivity contribution in [2.45, 2.75) is 56.3 Å². The van der Waals surface area contributed by atoms with Crippen molar-refractivity contribution >= 4 is 35.6 Å². The van der Waals surface area contributed by atoms with E-state index in [0.29, 0.717) is 6.42 Å². The molecular formula is C17H26N4O10. The van der Waals surface area contributed by atoms with Crippen LogP contribution in [-0.4, -0.2) is 98.3 Å². The second-order valence-corrected chi connectivity index (χ2v) is 6.97. The van der Waals surface area contributed by atoms with Crippen molar-refractivity contribution in [3.63, 3.8) is 0 Å². The molecule has 1 aliphatic heterocycles. The first-order chi connectivity index (χ1) is 14.5. The summed E-state index contributed by atoms with van der Waals surface area (Å²) in [6, 6.07) is -5.56. The van der Waals surface area contributed by atoms with Crippen molar-refractivity contribution in [3.8, 4) is 0 Å². The molecule has 0 radical (unpaired) electrons. The lowest BCUT2D eigenvalue weighted by Crippen LogP contribution is -2.57. The van der Waals surface area contributed by atoms with Crippen molar-refractivity contribution in [2.75, 3.05) is 13.2 Å². The third-order valence-electron chi connectivity index (χ3n) is 4.63. The van der Waals surface area contributed by atoms with Gasteiger partial charge in [0.05, 0.1) is 13.0 Å². The van der Waals surface area contributed by atoms with Crippen LogP contribution in [0.3, 0.4) is 0 Å². The molecule has 8 N–H and O–H groups in total. The number of carboxylic acid groups (broad SMARTS) is 3. The van der Waals surface area contributed by atoms with Crippen LogP contribution in [0.1, 0.15) is 32.1 Å². The average Bonchev–Trinajstić information content (AvgIpc) is 3.18. The molecule has 4 unspecified atom stereocenters. The maximum atomic E-state index is 12.6. The van der Waals surface area contributed by atoms with E-state index in [1.54, 1.807) is 0 Å². The predicted octanol–water partition coefficient (Wildman–Crippen LogP) is -3.31. The Labute approximate surface area is 176 Å². The van der Waals surface area contributed by atoms with Gasteiger partial charge in [0, 0.05) is 13.0 Å². The van der Waals surface area contributed by atoms with Crippen molar-refractivity contribution in [1.29, 1.82) is 0 Å². The molecule has 14 heteroatoms. The second kappa shape index (κ2) is 11.8. The van der Waals surface area contributed by atoms with E-state index < -0.39 is 85.7 Å². The van der Waals surface area contributed by atoms with Crippen molar-refractivity contribution in [3.05, 3.63) is 0 Å². The zero-order valence-electron chi connectivity index (χ0n) is 16.5. The van der Waals surface area contributed by atoms with Gasteiger partial charge in [-0.1, -0.05) is 0 Å². The van der Waals surface area contributed by atoms with Crippen LogP contribution in [0.15, 0.2) is 0 Å². The topological polar surface area (TPSA) is 237 Å². The van der Waals surface area contributed by atoms with E-state index in [-0.39, 0.29) is 13.0 Å². The number of likely N-dealkylation sites (tertiary alicyclic amines) is 1. The Hall–Kier alpha value is -3.26. The summed E-state index contributed by atoms with van der Waals surface area (Å²) < 4.78 is 0. The van der Waals surface area contributed by atoms with Crippen molar-refractivity contribution in [1.82, 2.24) is 15.5 Å². The summed E-state index contributed by atoms with van der Waals surface area (Å²) in [5.74, 6) is -6.92. The number of nitrogens with two attached hydrogens (primary N) is 1. The van der Waals surface area contributed by atoms with E-state index >= 15 is 0 Å². The average molecular weight is 446 g/mol. The largest absolute Gasteiger partial charge is 0.481 e. The summed E-state index contributed by atoms with van der Waals surface area (Å²) in [6.45, 7) is -0.461. The molecule has 1 heterocycles. The smallest absolute Gasteiger partial charge is 0.326 e. The molecule has 0 bridgehead atoms. The first kappa shape index (κ1) is 25.8. The number of aliphatic hydroxyl groups is 1. The van der Waals surface area contributed by atoms with E-state index in [1.807, 2.05) is 5.32 Å². The molecule has 31 heavy (non-hydrogen) atoms. The minimum atomic E-state index is -1.67. The standard InChI is InChI=1S/C17H26N4O10/c18-8(7-22)16(29)21-5-1-2-11(21)15(28)20-10(6-13(25)26)14(27)19-9(17(30)31)3-4-12(23)24/h8-11,22H,1-7,18H2,(H,19,27)(H,20,28)(H,23,24)(H,25,26)(H,30,31). The fraction of sp³-hybridized carbons (Fsp3) is 0.647. The maximum absolute atomic E-state index is 12.6. The van der Waals surface area contributed by atoms with Gasteiger partial charge in [0.2, 0.25) is 17.7 Å². The van der Waals surface area contributed by atoms with Gasteiger partial charge in [-0.05, 0) is 19.3 Å². The second-order valence-electron chi connectivity index (χ2n) is 6.97. The Morgan fingerprint density at radius 3 is 2.16 bits per heavy atom. The van der Waals surface area contributed by atoms with Gasteiger partial charge < -0.3 is 41.7 Å². The molecule has 0 spiro atoms. The van der Waals surface area contributed by atoms with E-state index in [1.165, 1.54) is 0 Å². The molecular weight excluding hydrogens is 420 g/mol. The van der Waals surface area contributed by atoms with Crippen LogP contribution in [0.5, 0.6) is 0 Å². The molecule has 0 aromatic rings. The van der Waals surface area contributed by atoms with Gasteiger partial charge in [-0.3, -0.25) is 24.0 Å². The fourth-order valence-electron chi connectivity index (χ4n) is 3.04. The summed E-state index contributed by atoms with van der Waals surface area (Å²) in [7, 11) is 0. The monoisotopic (exact) mass is 446 g/mol. The lowest BCUT2D eigenvalue weighted by Gasteiger charge is -2.28. The number of nitrogens with zero attached hydrogens (tertiary/aromatic N) is 1. The third-order valence-corrected chi connectivity index (χ3v) is 4.63. The Morgan fingerprint density at radius 2 is 1.65 bits per heavy atom. The predicted molar refractivity (Wildman–Crippen MR) is 100 cm³/mol. The van der Waals surface area contributed by atoms with Gasteiger partial charge in [0.25, 0.3) is 0 Å². The van der Waals surface area contributed by atoms with Crippen molar-refractivity contribution < 1.29 is 49.2 Å². The van der Waals surface area contributed by atoms with Gasteiger partial charge in [-0.25, -0.2) is 4.79 Å². The first-order valence-electron chi connectivity index (χ1n) is 9.42. The molecule has 0 saturated carbocycles. The minimum absolute atomic E-state index is 0.177. The molecule has 174 valence electrons. The molecule has 1 saturated heterocycles. The number of aliphatic carboxylic acids is 3. The van der Waals surface area contributed by atoms with Crippen LogP contribution in [0.2, 0.25) is 0 Å². The Balaban J connectivity index is 2.90. The zero-order chi connectivity index (χ0) is 23.7. The molecule has 1 rings (SSSR count). The number of carboxylic acids is 3. The number of aliphatic hydroxyl groups excluding tert-OH is 1. The minimum Gasteiger partial charge on any atom is -0.481 e. The highest BCUT2D eigenvalue weighted by atomic mass is 16.4. The Bertz CT molecular complexity index is 728. The summed E-state index contributed by atoms with van der Waals surface area (Å²) in [6.07, 6.45) is -1.23. The first-order valence-corrected chi connectivity index (χ1v) is 9.42. The van der Waals surface area contributed by atoms with Gasteiger partial charge in [-0.2, -0.15) is 0 Å². The highest BCUT2D eigenvalue weighted by Crippen LogP contribution is 2.18. The van der Waals surface area contributed by atoms with Crippen LogP contribution >= 0.6 is 0 Å². The molecule has 1 fully saturated rings. The number of rotatable bonds is 12. The number of carbonyl (C=O) groups excluding carboxylic acids is 3. The van der Waals surface area contributed by atoms with Crippen LogP contribution < -0.4 is 16.4 Å². The fourth-order valence-corrected chi connectivity index (χ4v) is 3.04. The summed E-state index contributed by atoms with van der Waals surface area (Å²) in [5, 5.41) is 40.1. The highest BCUT2D eigenvalue weighted by Gasteiger charge is 2.38. The van der Waals surface area contributed by atoms with Gasteiger partial charge in [0.15, 0.2) is 0 Å². The molecule has 1 aliphatic rings. The van der Waals surface area contributed by atoms with Crippen molar-refractivity contribution in [2.24, 2.45) is 5.73 Å². The van der Waals surface area contributed by atoms with E-state index in [9.17, 15) is 28.8 Å². The lowest BCUT2D eigenvalue weighted by molar-refractivity contribution is -0.145. The Kier molecular flexibility index (Phi) is 9.82. The molecule has 0 aromatic heterocycles. The third kappa shape index (κ3) is 7.82. The normalized spacial score (nSPS) is 18.5. The number of hydrogen-bond acceptors (Lipinski definition) is 8. The molecule has 14 nitrogen and oxygen atoms in total. The Morgan fingerprint density at radius 1 is 1.00 bits per heavy atom. The SMILES string of the molecule is NC(CO)C(=O)N1CCCC1C(=O)NC(CC(=O)O)C(=O)NC(CCC(=O)O)C(=O)O. The summed E-state index contributed by atoms with van der Waals surface area (Å²) >= 11 is 0. The summed E-state index contributed by atoms with van der Waals surface area (Å²) in [5.41, 5.74) is 5.49. The number of amides is 3. The van der Waals surface area contributed by atoms with Crippen LogP contribution in [-0.2, 0) is 28.8 Å². The quantitative estimate of drug-likeness (QED) is 0.157. The summed E-state index contributed by atoms with van der Waals surface area (Å²) in [4.78, 5) is 71.4. The molecule has 3 amide bonds. The molecule has 0 aliphatic carbocycles. The molecule has 4 atom stereocenters. The number of hydrogen-bond donors (Lipinski definition) is 7. The molecule has 0 aromatic carbocycles. The van der Waals surface area contributed by atoms with Crippen LogP contribution in [0, 0.1) is 0 Å². The number of carbonyl (C=O) groups is 6. The zero-order valence-corrected chi connectivity index (χ0v) is 16.5. The van der Waals surface area contributed by atoms with Crippen LogP contribution in [0.4, 0.5) is 0 Å². The van der Waals surface area contributed by atoms with Crippen LogP contribution in [0.25, 0.3) is 0 Å². The number of nitrogens with one attached hydrogen (secondary N) is 2. The van der Waals surface area contributed by atoms with Gasteiger partial charge in [-0.15, -0.1) is 0 Å². The highest BCUT2D eigenvalue weighted by molar-refractivity contribution is 5.95. The van der Waals surface area contributed by atoms with Gasteiger partial charge >= 0.3 is 17.9 Å². The lowest BCUT2D eigenvalue weighted by atomic mass is 10.1.